The van der Waals surface area contributed by atoms with Gasteiger partial charge in [-0.15, -0.1) is 0 Å². The van der Waals surface area contributed by atoms with E-state index in [1.165, 1.54) is 5.69 Å². The molecule has 5 nitrogen and oxygen atoms in total. The number of ether oxygens (including phenoxy) is 1. The molecule has 1 unspecified atom stereocenters. The van der Waals surface area contributed by atoms with Crippen molar-refractivity contribution >= 4 is 11.6 Å². The van der Waals surface area contributed by atoms with Crippen molar-refractivity contribution in [2.24, 2.45) is 5.92 Å². The standard InChI is InChI=1S/C19H28N2O3/c1-24-17-6-4-5-16(11-17)21-10-7-15(14-21)13-20-18(22)12-19(23)8-2-3-9-19/h4-6,11,15,23H,2-3,7-10,12-14H2,1H3,(H,20,22). The number of anilines is 1. The summed E-state index contributed by atoms with van der Waals surface area (Å²) in [4.78, 5) is 14.4. The van der Waals surface area contributed by atoms with Crippen LogP contribution >= 0.6 is 0 Å². The molecule has 1 heterocycles. The Morgan fingerprint density at radius 1 is 1.42 bits per heavy atom. The Labute approximate surface area is 144 Å². The number of methoxy groups -OCH3 is 1. The molecule has 2 fully saturated rings. The van der Waals surface area contributed by atoms with Gasteiger partial charge in [0, 0.05) is 31.4 Å². The second kappa shape index (κ2) is 7.43. The number of aliphatic hydroxyl groups is 1. The number of carbonyl (C=O) groups is 1. The zero-order chi connectivity index (χ0) is 17.0. The minimum atomic E-state index is -0.758. The van der Waals surface area contributed by atoms with Gasteiger partial charge in [0.2, 0.25) is 5.91 Å². The number of rotatable bonds is 6. The number of nitrogens with zero attached hydrogens (tertiary/aromatic N) is 1. The molecule has 0 aromatic heterocycles. The van der Waals surface area contributed by atoms with E-state index in [1.807, 2.05) is 12.1 Å². The van der Waals surface area contributed by atoms with Crippen molar-refractivity contribution in [2.45, 2.75) is 44.1 Å². The fraction of sp³-hybridized carbons (Fsp3) is 0.632. The zero-order valence-electron chi connectivity index (χ0n) is 14.5. The quantitative estimate of drug-likeness (QED) is 0.839. The summed E-state index contributed by atoms with van der Waals surface area (Å²) in [5.41, 5.74) is 0.412. The number of carbonyl (C=O) groups excluding carboxylic acids is 1. The summed E-state index contributed by atoms with van der Waals surface area (Å²) in [7, 11) is 1.68. The highest BCUT2D eigenvalue weighted by atomic mass is 16.5. The van der Waals surface area contributed by atoms with Gasteiger partial charge >= 0.3 is 0 Å². The first-order chi connectivity index (χ1) is 11.6. The molecule has 0 bridgehead atoms. The lowest BCUT2D eigenvalue weighted by atomic mass is 9.97. The van der Waals surface area contributed by atoms with Crippen molar-refractivity contribution in [1.29, 1.82) is 0 Å². The van der Waals surface area contributed by atoms with Crippen molar-refractivity contribution in [3.05, 3.63) is 24.3 Å². The molecule has 0 radical (unpaired) electrons. The molecule has 1 aromatic carbocycles. The Bertz CT molecular complexity index is 569. The van der Waals surface area contributed by atoms with Crippen LogP contribution in [0.4, 0.5) is 5.69 Å². The van der Waals surface area contributed by atoms with E-state index in [2.05, 4.69) is 22.3 Å². The van der Waals surface area contributed by atoms with Gasteiger partial charge in [-0.1, -0.05) is 18.9 Å². The SMILES string of the molecule is COc1cccc(N2CCC(CNC(=O)CC3(O)CCCC3)C2)c1. The predicted octanol–water partition coefficient (Wildman–Crippen LogP) is 2.33. The Hall–Kier alpha value is -1.75. The number of amides is 1. The molecule has 132 valence electrons. The first-order valence-electron chi connectivity index (χ1n) is 8.96. The molecule has 2 N–H and O–H groups in total. The maximum absolute atomic E-state index is 12.1. The minimum absolute atomic E-state index is 0.0146. The van der Waals surface area contributed by atoms with Crippen LogP contribution in [0.15, 0.2) is 24.3 Å². The van der Waals surface area contributed by atoms with E-state index >= 15 is 0 Å². The third-order valence-corrected chi connectivity index (χ3v) is 5.32. The molecule has 5 heteroatoms. The van der Waals surface area contributed by atoms with Crippen LogP contribution in [0.1, 0.15) is 38.5 Å². The third kappa shape index (κ3) is 4.20. The van der Waals surface area contributed by atoms with Gasteiger partial charge in [-0.25, -0.2) is 0 Å². The van der Waals surface area contributed by atoms with E-state index in [-0.39, 0.29) is 12.3 Å². The average Bonchev–Trinajstić information content (AvgIpc) is 3.22. The van der Waals surface area contributed by atoms with Gasteiger partial charge in [-0.3, -0.25) is 4.79 Å². The second-order valence-electron chi connectivity index (χ2n) is 7.21. The highest BCUT2D eigenvalue weighted by molar-refractivity contribution is 5.77. The minimum Gasteiger partial charge on any atom is -0.497 e. The monoisotopic (exact) mass is 332 g/mol. The molecule has 1 atom stereocenters. The van der Waals surface area contributed by atoms with Crippen molar-refractivity contribution < 1.29 is 14.6 Å². The summed E-state index contributed by atoms with van der Waals surface area (Å²) in [6, 6.07) is 8.10. The van der Waals surface area contributed by atoms with Crippen LogP contribution in [0.2, 0.25) is 0 Å². The van der Waals surface area contributed by atoms with E-state index in [4.69, 9.17) is 4.74 Å². The van der Waals surface area contributed by atoms with E-state index < -0.39 is 5.60 Å². The fourth-order valence-corrected chi connectivity index (χ4v) is 3.87. The molecule has 1 saturated carbocycles. The molecule has 1 saturated heterocycles. The van der Waals surface area contributed by atoms with Crippen LogP contribution in [0.25, 0.3) is 0 Å². The van der Waals surface area contributed by atoms with Gasteiger partial charge in [0.05, 0.1) is 19.1 Å². The number of benzene rings is 1. The molecule has 24 heavy (non-hydrogen) atoms. The number of nitrogens with one attached hydrogen (secondary N) is 1. The molecular weight excluding hydrogens is 304 g/mol. The molecular formula is C19H28N2O3. The molecule has 0 spiro atoms. The summed E-state index contributed by atoms with van der Waals surface area (Å²) < 4.78 is 5.29. The maximum atomic E-state index is 12.1. The summed E-state index contributed by atoms with van der Waals surface area (Å²) >= 11 is 0. The van der Waals surface area contributed by atoms with Crippen LogP contribution in [-0.4, -0.2) is 43.4 Å². The third-order valence-electron chi connectivity index (χ3n) is 5.32. The Morgan fingerprint density at radius 3 is 2.96 bits per heavy atom. The Balaban J connectivity index is 1.45. The largest absolute Gasteiger partial charge is 0.497 e. The van der Waals surface area contributed by atoms with Crippen molar-refractivity contribution in [3.8, 4) is 5.75 Å². The highest BCUT2D eigenvalue weighted by Crippen LogP contribution is 2.32. The summed E-state index contributed by atoms with van der Waals surface area (Å²) in [6.07, 6.45) is 4.89. The van der Waals surface area contributed by atoms with E-state index in [0.29, 0.717) is 12.5 Å². The second-order valence-corrected chi connectivity index (χ2v) is 7.21. The Kier molecular flexibility index (Phi) is 5.29. The lowest BCUT2D eigenvalue weighted by Gasteiger charge is -2.22. The van der Waals surface area contributed by atoms with Crippen LogP contribution in [0.5, 0.6) is 5.75 Å². The predicted molar refractivity (Wildman–Crippen MR) is 94.4 cm³/mol. The summed E-state index contributed by atoms with van der Waals surface area (Å²) in [5.74, 6) is 1.31. The smallest absolute Gasteiger partial charge is 0.222 e. The normalized spacial score (nSPS) is 22.6. The lowest BCUT2D eigenvalue weighted by Crippen LogP contribution is -2.37. The van der Waals surface area contributed by atoms with Gasteiger partial charge < -0.3 is 20.1 Å². The molecule has 3 rings (SSSR count). The lowest BCUT2D eigenvalue weighted by molar-refractivity contribution is -0.126. The van der Waals surface area contributed by atoms with Gasteiger partial charge in [0.15, 0.2) is 0 Å². The zero-order valence-corrected chi connectivity index (χ0v) is 14.5. The van der Waals surface area contributed by atoms with Gasteiger partial charge in [0.25, 0.3) is 0 Å². The van der Waals surface area contributed by atoms with Crippen LogP contribution in [0, 0.1) is 5.92 Å². The average molecular weight is 332 g/mol. The maximum Gasteiger partial charge on any atom is 0.222 e. The van der Waals surface area contributed by atoms with Crippen molar-refractivity contribution in [3.63, 3.8) is 0 Å². The molecule has 1 amide bonds. The number of hydrogen-bond acceptors (Lipinski definition) is 4. The summed E-state index contributed by atoms with van der Waals surface area (Å²) in [5, 5.41) is 13.3. The molecule has 1 aliphatic heterocycles. The van der Waals surface area contributed by atoms with Crippen LogP contribution in [0.3, 0.4) is 0 Å². The van der Waals surface area contributed by atoms with E-state index in [9.17, 15) is 9.90 Å². The molecule has 1 aliphatic carbocycles. The van der Waals surface area contributed by atoms with Gasteiger partial charge in [-0.05, 0) is 37.3 Å². The topological polar surface area (TPSA) is 61.8 Å². The van der Waals surface area contributed by atoms with Crippen molar-refractivity contribution in [2.75, 3.05) is 31.6 Å². The highest BCUT2D eigenvalue weighted by Gasteiger charge is 2.33. The first-order valence-corrected chi connectivity index (χ1v) is 8.96. The van der Waals surface area contributed by atoms with E-state index in [1.54, 1.807) is 7.11 Å². The van der Waals surface area contributed by atoms with E-state index in [0.717, 1.165) is 50.9 Å². The molecule has 2 aliphatic rings. The van der Waals surface area contributed by atoms with Gasteiger partial charge in [0.1, 0.15) is 5.75 Å². The first kappa shape index (κ1) is 17.1. The molecule has 1 aromatic rings. The van der Waals surface area contributed by atoms with Crippen LogP contribution in [-0.2, 0) is 4.79 Å². The van der Waals surface area contributed by atoms with Crippen LogP contribution < -0.4 is 15.0 Å². The Morgan fingerprint density at radius 2 is 2.21 bits per heavy atom. The van der Waals surface area contributed by atoms with Gasteiger partial charge in [-0.2, -0.15) is 0 Å². The van der Waals surface area contributed by atoms with Crippen molar-refractivity contribution in [1.82, 2.24) is 5.32 Å². The number of hydrogen-bond donors (Lipinski definition) is 2. The summed E-state index contributed by atoms with van der Waals surface area (Å²) in [6.45, 7) is 2.63. The fourth-order valence-electron chi connectivity index (χ4n) is 3.87.